The van der Waals surface area contributed by atoms with E-state index in [2.05, 4.69) is 10.2 Å². The molecule has 0 saturated carbocycles. The van der Waals surface area contributed by atoms with Crippen molar-refractivity contribution in [2.45, 2.75) is 0 Å². The highest BCUT2D eigenvalue weighted by atomic mass is 32.1. The predicted molar refractivity (Wildman–Crippen MR) is 97.7 cm³/mol. The van der Waals surface area contributed by atoms with E-state index in [-0.39, 0.29) is 0 Å². The molecule has 6 heteroatoms. The van der Waals surface area contributed by atoms with E-state index in [1.807, 2.05) is 70.9 Å². The Kier molecular flexibility index (Phi) is 3.21. The molecular weight excluding hydrogens is 332 g/mol. The van der Waals surface area contributed by atoms with Crippen LogP contribution in [0.2, 0.25) is 0 Å². The Morgan fingerprint density at radius 1 is 0.880 bits per heavy atom. The lowest BCUT2D eigenvalue weighted by Gasteiger charge is -2.01. The van der Waals surface area contributed by atoms with Crippen molar-refractivity contribution in [1.29, 1.82) is 0 Å². The number of hydrogen-bond donors (Lipinski definition) is 0. The van der Waals surface area contributed by atoms with Gasteiger partial charge >= 0.3 is 0 Å². The number of hydrogen-bond acceptors (Lipinski definition) is 5. The van der Waals surface area contributed by atoms with Gasteiger partial charge in [-0.2, -0.15) is 5.10 Å². The molecule has 0 aliphatic carbocycles. The summed E-state index contributed by atoms with van der Waals surface area (Å²) in [4.78, 5) is 1.04. The van der Waals surface area contributed by atoms with Crippen molar-refractivity contribution in [2.24, 2.45) is 0 Å². The van der Waals surface area contributed by atoms with Crippen LogP contribution in [-0.4, -0.2) is 20.0 Å². The van der Waals surface area contributed by atoms with Crippen LogP contribution in [0.15, 0.2) is 76.9 Å². The van der Waals surface area contributed by atoms with Crippen molar-refractivity contribution in [3.63, 3.8) is 0 Å². The molecule has 0 aliphatic heterocycles. The molecule has 0 aliphatic rings. The molecule has 0 fully saturated rings. The van der Waals surface area contributed by atoms with Crippen molar-refractivity contribution in [2.75, 3.05) is 0 Å². The highest BCUT2D eigenvalue weighted by Crippen LogP contribution is 2.33. The van der Waals surface area contributed by atoms with Crippen LogP contribution in [0.3, 0.4) is 0 Å². The third kappa shape index (κ3) is 2.35. The first-order valence-corrected chi connectivity index (χ1v) is 8.67. The Hall–Kier alpha value is -3.25. The van der Waals surface area contributed by atoms with Gasteiger partial charge in [0.25, 0.3) is 0 Å². The zero-order valence-corrected chi connectivity index (χ0v) is 13.9. The van der Waals surface area contributed by atoms with Gasteiger partial charge in [0.1, 0.15) is 16.9 Å². The molecule has 0 saturated heterocycles. The summed E-state index contributed by atoms with van der Waals surface area (Å²) in [5, 5.41) is 16.6. The van der Waals surface area contributed by atoms with Crippen LogP contribution in [0.1, 0.15) is 0 Å². The first-order valence-electron chi connectivity index (χ1n) is 7.79. The standard InChI is InChI=1S/C19H12N4OS/c1-2-6-13(7-3-1)23-12-14-17(15-8-4-10-24-15)20-21-19(18(14)22-23)16-9-5-11-25-16/h1-12H. The topological polar surface area (TPSA) is 56.7 Å². The summed E-state index contributed by atoms with van der Waals surface area (Å²) >= 11 is 1.62. The van der Waals surface area contributed by atoms with Crippen LogP contribution >= 0.6 is 11.3 Å². The zero-order valence-electron chi connectivity index (χ0n) is 13.0. The molecule has 5 aromatic rings. The summed E-state index contributed by atoms with van der Waals surface area (Å²) in [6, 6.07) is 17.8. The summed E-state index contributed by atoms with van der Waals surface area (Å²) in [5.74, 6) is 0.683. The third-order valence-corrected chi connectivity index (χ3v) is 4.85. The number of fused-ring (bicyclic) bond motifs is 1. The number of rotatable bonds is 3. The van der Waals surface area contributed by atoms with Crippen molar-refractivity contribution in [3.8, 4) is 27.7 Å². The third-order valence-electron chi connectivity index (χ3n) is 3.97. The minimum absolute atomic E-state index is 0.683. The van der Waals surface area contributed by atoms with E-state index < -0.39 is 0 Å². The van der Waals surface area contributed by atoms with E-state index in [0.29, 0.717) is 11.5 Å². The van der Waals surface area contributed by atoms with Gasteiger partial charge in [0, 0.05) is 6.20 Å². The van der Waals surface area contributed by atoms with E-state index in [1.165, 1.54) is 0 Å². The van der Waals surface area contributed by atoms with E-state index in [9.17, 15) is 0 Å². The molecule has 120 valence electrons. The molecule has 0 amide bonds. The van der Waals surface area contributed by atoms with E-state index in [1.54, 1.807) is 17.6 Å². The number of thiophene rings is 1. The lowest BCUT2D eigenvalue weighted by atomic mass is 10.2. The fourth-order valence-electron chi connectivity index (χ4n) is 2.81. The predicted octanol–water partition coefficient (Wildman–Crippen LogP) is 4.80. The fraction of sp³-hybridized carbons (Fsp3) is 0. The molecule has 4 heterocycles. The van der Waals surface area contributed by atoms with Gasteiger partial charge in [-0.15, -0.1) is 21.5 Å². The quantitative estimate of drug-likeness (QED) is 0.471. The highest BCUT2D eigenvalue weighted by Gasteiger charge is 2.18. The van der Waals surface area contributed by atoms with E-state index in [0.717, 1.165) is 27.2 Å². The highest BCUT2D eigenvalue weighted by molar-refractivity contribution is 7.13. The average molecular weight is 344 g/mol. The first kappa shape index (κ1) is 14.1. The Morgan fingerprint density at radius 2 is 1.76 bits per heavy atom. The largest absolute Gasteiger partial charge is 0.463 e. The number of benzene rings is 1. The molecule has 0 N–H and O–H groups in total. The summed E-state index contributed by atoms with van der Waals surface area (Å²) in [6.07, 6.45) is 3.62. The maximum Gasteiger partial charge on any atom is 0.154 e. The molecule has 0 radical (unpaired) electrons. The van der Waals surface area contributed by atoms with Crippen LogP contribution in [0.25, 0.3) is 38.6 Å². The van der Waals surface area contributed by atoms with Crippen LogP contribution in [0.5, 0.6) is 0 Å². The van der Waals surface area contributed by atoms with Gasteiger partial charge in [0.15, 0.2) is 5.76 Å². The van der Waals surface area contributed by atoms with Crippen molar-refractivity contribution >= 4 is 22.2 Å². The minimum atomic E-state index is 0.683. The molecule has 4 aromatic heterocycles. The molecule has 0 atom stereocenters. The SMILES string of the molecule is c1ccc(-n2cc3c(-c4ccco4)nnc(-c4cccs4)c3n2)cc1. The van der Waals surface area contributed by atoms with Gasteiger partial charge in [0.2, 0.25) is 0 Å². The number of furan rings is 1. The second-order valence-corrected chi connectivity index (χ2v) is 6.47. The van der Waals surface area contributed by atoms with Crippen LogP contribution in [0, 0.1) is 0 Å². The molecule has 0 spiro atoms. The maximum absolute atomic E-state index is 5.54. The van der Waals surface area contributed by atoms with Crippen LogP contribution < -0.4 is 0 Å². The smallest absolute Gasteiger partial charge is 0.154 e. The van der Waals surface area contributed by atoms with E-state index in [4.69, 9.17) is 9.52 Å². The number of para-hydroxylation sites is 1. The summed E-state index contributed by atoms with van der Waals surface area (Å²) < 4.78 is 7.39. The van der Waals surface area contributed by atoms with Gasteiger partial charge in [-0.05, 0) is 35.7 Å². The molecular formula is C19H12N4OS. The number of aromatic nitrogens is 4. The summed E-state index contributed by atoms with van der Waals surface area (Å²) in [5.41, 5.74) is 3.28. The molecule has 0 bridgehead atoms. The molecule has 1 aromatic carbocycles. The average Bonchev–Trinajstić information content (AvgIpc) is 3.42. The van der Waals surface area contributed by atoms with Gasteiger partial charge in [-0.3, -0.25) is 0 Å². The molecule has 5 nitrogen and oxygen atoms in total. The van der Waals surface area contributed by atoms with Gasteiger partial charge < -0.3 is 4.42 Å². The zero-order chi connectivity index (χ0) is 16.6. The fourth-order valence-corrected chi connectivity index (χ4v) is 3.52. The Balaban J connectivity index is 1.81. The maximum atomic E-state index is 5.54. The minimum Gasteiger partial charge on any atom is -0.463 e. The Morgan fingerprint density at radius 3 is 2.52 bits per heavy atom. The van der Waals surface area contributed by atoms with Gasteiger partial charge in [0.05, 0.1) is 22.2 Å². The Bertz CT molecular complexity index is 1060. The lowest BCUT2D eigenvalue weighted by molar-refractivity contribution is 0.579. The monoisotopic (exact) mass is 344 g/mol. The number of nitrogens with zero attached hydrogens (tertiary/aromatic N) is 4. The second kappa shape index (κ2) is 5.68. The summed E-state index contributed by atoms with van der Waals surface area (Å²) in [6.45, 7) is 0. The van der Waals surface area contributed by atoms with Crippen LogP contribution in [-0.2, 0) is 0 Å². The first-order chi connectivity index (χ1) is 12.4. The summed E-state index contributed by atoms with van der Waals surface area (Å²) in [7, 11) is 0. The van der Waals surface area contributed by atoms with Gasteiger partial charge in [-0.25, -0.2) is 4.68 Å². The lowest BCUT2D eigenvalue weighted by Crippen LogP contribution is -1.94. The molecule has 5 rings (SSSR count). The van der Waals surface area contributed by atoms with Crippen molar-refractivity contribution < 1.29 is 4.42 Å². The molecule has 25 heavy (non-hydrogen) atoms. The van der Waals surface area contributed by atoms with Gasteiger partial charge in [-0.1, -0.05) is 24.3 Å². The molecule has 0 unspecified atom stereocenters. The Labute approximate surface area is 147 Å². The van der Waals surface area contributed by atoms with E-state index >= 15 is 0 Å². The van der Waals surface area contributed by atoms with Crippen molar-refractivity contribution in [1.82, 2.24) is 20.0 Å². The van der Waals surface area contributed by atoms with Crippen LogP contribution in [0.4, 0.5) is 0 Å². The second-order valence-electron chi connectivity index (χ2n) is 5.52. The van der Waals surface area contributed by atoms with Crippen molar-refractivity contribution in [3.05, 3.63) is 72.4 Å². The normalized spacial score (nSPS) is 11.2.